The van der Waals surface area contributed by atoms with Crippen molar-refractivity contribution in [3.63, 3.8) is 0 Å². The molecule has 0 aliphatic heterocycles. The van der Waals surface area contributed by atoms with Gasteiger partial charge in [-0.25, -0.2) is 8.42 Å². The second kappa shape index (κ2) is 5.50. The molecule has 0 aliphatic carbocycles. The molecule has 1 heterocycles. The summed E-state index contributed by atoms with van der Waals surface area (Å²) in [5.74, 6) is 0. The molecule has 1 aromatic heterocycles. The van der Waals surface area contributed by atoms with E-state index in [1.54, 1.807) is 31.2 Å². The topological polar surface area (TPSA) is 66.4 Å². The number of anilines is 1. The third-order valence-corrected chi connectivity index (χ3v) is 5.87. The van der Waals surface area contributed by atoms with E-state index in [1.807, 2.05) is 0 Å². The van der Waals surface area contributed by atoms with E-state index in [4.69, 9.17) is 16.7 Å². The molecule has 0 fully saturated rings. The van der Waals surface area contributed by atoms with Crippen LogP contribution >= 0.6 is 22.9 Å². The van der Waals surface area contributed by atoms with E-state index in [0.29, 0.717) is 15.6 Å². The Morgan fingerprint density at radius 3 is 2.68 bits per heavy atom. The van der Waals surface area contributed by atoms with Crippen molar-refractivity contribution in [3.05, 3.63) is 45.8 Å². The third kappa shape index (κ3) is 3.27. The van der Waals surface area contributed by atoms with Gasteiger partial charge in [0, 0.05) is 5.69 Å². The van der Waals surface area contributed by atoms with Crippen molar-refractivity contribution in [2.75, 3.05) is 4.72 Å². The lowest BCUT2D eigenvalue weighted by Gasteiger charge is -2.07. The van der Waals surface area contributed by atoms with Crippen molar-refractivity contribution in [1.29, 1.82) is 0 Å². The largest absolute Gasteiger partial charge is 0.392 e. The van der Waals surface area contributed by atoms with E-state index in [0.717, 1.165) is 16.9 Å². The summed E-state index contributed by atoms with van der Waals surface area (Å²) in [5.41, 5.74) is 1.78. The number of aryl methyl sites for hydroxylation is 1. The third-order valence-electron chi connectivity index (χ3n) is 2.46. The van der Waals surface area contributed by atoms with E-state index in [2.05, 4.69) is 4.72 Å². The van der Waals surface area contributed by atoms with Gasteiger partial charge in [-0.3, -0.25) is 4.72 Å². The minimum Gasteiger partial charge on any atom is -0.392 e. The summed E-state index contributed by atoms with van der Waals surface area (Å²) in [6, 6.07) is 8.13. The number of sulfonamides is 1. The molecule has 2 aromatic rings. The van der Waals surface area contributed by atoms with Crippen LogP contribution in [-0.4, -0.2) is 13.5 Å². The molecule has 0 spiro atoms. The van der Waals surface area contributed by atoms with Gasteiger partial charge < -0.3 is 5.11 Å². The fourth-order valence-corrected chi connectivity index (χ4v) is 4.26. The number of hydrogen-bond donors (Lipinski definition) is 2. The normalized spacial score (nSPS) is 11.5. The average Bonchev–Trinajstić information content (AvgIpc) is 2.70. The Morgan fingerprint density at radius 2 is 2.11 bits per heavy atom. The highest BCUT2D eigenvalue weighted by atomic mass is 35.5. The van der Waals surface area contributed by atoms with Gasteiger partial charge in [-0.2, -0.15) is 0 Å². The quantitative estimate of drug-likeness (QED) is 0.911. The minimum absolute atomic E-state index is 0.139. The molecule has 4 nitrogen and oxygen atoms in total. The number of benzene rings is 1. The Balaban J connectivity index is 2.30. The van der Waals surface area contributed by atoms with Crippen LogP contribution in [0, 0.1) is 6.92 Å². The van der Waals surface area contributed by atoms with Gasteiger partial charge in [-0.05, 0) is 36.2 Å². The van der Waals surface area contributed by atoms with E-state index in [9.17, 15) is 8.42 Å². The number of thiophene rings is 1. The fourth-order valence-electron chi connectivity index (χ4n) is 1.50. The summed E-state index contributed by atoms with van der Waals surface area (Å²) < 4.78 is 27.4. The number of halogens is 1. The summed E-state index contributed by atoms with van der Waals surface area (Å²) >= 11 is 6.90. The lowest BCUT2D eigenvalue weighted by Crippen LogP contribution is -2.11. The van der Waals surface area contributed by atoms with Gasteiger partial charge in [-0.15, -0.1) is 11.3 Å². The van der Waals surface area contributed by atoms with Gasteiger partial charge in [0.05, 0.1) is 10.9 Å². The first-order valence-corrected chi connectivity index (χ1v) is 8.08. The average molecular weight is 318 g/mol. The molecule has 0 unspecified atom stereocenters. The molecule has 7 heteroatoms. The Hall–Kier alpha value is -1.08. The van der Waals surface area contributed by atoms with Crippen molar-refractivity contribution < 1.29 is 13.5 Å². The van der Waals surface area contributed by atoms with E-state index in [-0.39, 0.29) is 10.8 Å². The Labute approximate surface area is 120 Å². The Kier molecular flexibility index (Phi) is 4.15. The van der Waals surface area contributed by atoms with Gasteiger partial charge in [0.15, 0.2) is 0 Å². The fraction of sp³-hybridized carbons (Fsp3) is 0.167. The van der Waals surface area contributed by atoms with Gasteiger partial charge in [0.1, 0.15) is 4.21 Å². The molecule has 0 atom stereocenters. The zero-order valence-electron chi connectivity index (χ0n) is 10.1. The maximum Gasteiger partial charge on any atom is 0.271 e. The molecule has 0 bridgehead atoms. The molecule has 0 amide bonds. The zero-order chi connectivity index (χ0) is 14.0. The van der Waals surface area contributed by atoms with Crippen molar-refractivity contribution in [2.24, 2.45) is 0 Å². The van der Waals surface area contributed by atoms with Gasteiger partial charge in [0.2, 0.25) is 0 Å². The van der Waals surface area contributed by atoms with Crippen LogP contribution < -0.4 is 4.72 Å². The Bertz CT molecular complexity index is 675. The van der Waals surface area contributed by atoms with Crippen LogP contribution in [0.25, 0.3) is 0 Å². The van der Waals surface area contributed by atoms with Crippen LogP contribution in [0.15, 0.2) is 34.5 Å². The summed E-state index contributed by atoms with van der Waals surface area (Å²) in [6.07, 6.45) is 0. The van der Waals surface area contributed by atoms with E-state index < -0.39 is 10.0 Å². The summed E-state index contributed by atoms with van der Waals surface area (Å²) in [7, 11) is -3.64. The maximum atomic E-state index is 12.1. The highest BCUT2D eigenvalue weighted by molar-refractivity contribution is 7.94. The maximum absolute atomic E-state index is 12.1. The molecule has 2 N–H and O–H groups in total. The second-order valence-electron chi connectivity index (χ2n) is 3.99. The molecule has 102 valence electrons. The molecule has 2 rings (SSSR count). The number of aliphatic hydroxyl groups is 1. The lowest BCUT2D eigenvalue weighted by atomic mass is 10.2. The molecule has 0 saturated heterocycles. The summed E-state index contributed by atoms with van der Waals surface area (Å²) in [6.45, 7) is 1.61. The number of rotatable bonds is 4. The molecular formula is C12H12ClNO3S2. The zero-order valence-corrected chi connectivity index (χ0v) is 12.4. The van der Waals surface area contributed by atoms with Gasteiger partial charge in [0.25, 0.3) is 10.0 Å². The highest BCUT2D eigenvalue weighted by Crippen LogP contribution is 2.31. The lowest BCUT2D eigenvalue weighted by molar-refractivity contribution is 0.282. The van der Waals surface area contributed by atoms with E-state index in [1.165, 1.54) is 6.07 Å². The van der Waals surface area contributed by atoms with Crippen LogP contribution in [0.1, 0.15) is 11.1 Å². The first-order chi connectivity index (χ1) is 8.92. The minimum atomic E-state index is -3.64. The van der Waals surface area contributed by atoms with Crippen LogP contribution in [0.4, 0.5) is 5.69 Å². The molecule has 0 aliphatic rings. The van der Waals surface area contributed by atoms with Gasteiger partial charge >= 0.3 is 0 Å². The molecule has 0 radical (unpaired) electrons. The predicted molar refractivity (Wildman–Crippen MR) is 77.2 cm³/mol. The smallest absolute Gasteiger partial charge is 0.271 e. The monoisotopic (exact) mass is 317 g/mol. The van der Waals surface area contributed by atoms with Crippen molar-refractivity contribution in [1.82, 2.24) is 0 Å². The first-order valence-electron chi connectivity index (χ1n) is 5.41. The standard InChI is InChI=1S/C12H12ClNO3S2/c1-8-5-11(18-12(8)13)19(16,17)14-10-4-2-3-9(6-10)7-15/h2-6,14-15H,7H2,1H3. The predicted octanol–water partition coefficient (Wildman–Crippen LogP) is 3.00. The Morgan fingerprint density at radius 1 is 1.37 bits per heavy atom. The first kappa shape index (κ1) is 14.3. The van der Waals surface area contributed by atoms with Gasteiger partial charge in [-0.1, -0.05) is 23.7 Å². The van der Waals surface area contributed by atoms with Crippen LogP contribution in [0.3, 0.4) is 0 Å². The number of nitrogens with one attached hydrogen (secondary N) is 1. The molecular weight excluding hydrogens is 306 g/mol. The second-order valence-corrected chi connectivity index (χ2v) is 7.55. The summed E-state index contributed by atoms with van der Waals surface area (Å²) in [5, 5.41) is 9.02. The van der Waals surface area contributed by atoms with Crippen molar-refractivity contribution in [2.45, 2.75) is 17.7 Å². The van der Waals surface area contributed by atoms with Crippen LogP contribution in [-0.2, 0) is 16.6 Å². The number of hydrogen-bond acceptors (Lipinski definition) is 4. The molecule has 1 aromatic carbocycles. The van der Waals surface area contributed by atoms with Crippen LogP contribution in [0.2, 0.25) is 4.34 Å². The molecule has 0 saturated carbocycles. The van der Waals surface area contributed by atoms with E-state index >= 15 is 0 Å². The summed E-state index contributed by atoms with van der Waals surface area (Å²) in [4.78, 5) is 0. The van der Waals surface area contributed by atoms with Crippen molar-refractivity contribution in [3.8, 4) is 0 Å². The van der Waals surface area contributed by atoms with Crippen molar-refractivity contribution >= 4 is 38.6 Å². The van der Waals surface area contributed by atoms with Crippen LogP contribution in [0.5, 0.6) is 0 Å². The number of aliphatic hydroxyl groups excluding tert-OH is 1. The SMILES string of the molecule is Cc1cc(S(=O)(=O)Nc2cccc(CO)c2)sc1Cl. The highest BCUT2D eigenvalue weighted by Gasteiger charge is 2.18. The molecule has 19 heavy (non-hydrogen) atoms.